The quantitative estimate of drug-likeness (QED) is 0.803. The van der Waals surface area contributed by atoms with Crippen LogP contribution in [0.2, 0.25) is 0 Å². The molecule has 5 heteroatoms. The Balaban J connectivity index is 3.10. The van der Waals surface area contributed by atoms with Gasteiger partial charge in [-0.15, -0.1) is 0 Å². The molecule has 0 aliphatic heterocycles. The molecule has 1 aromatic carbocycles. The van der Waals surface area contributed by atoms with Gasteiger partial charge in [-0.05, 0) is 36.6 Å². The Hall–Kier alpha value is -0.910. The van der Waals surface area contributed by atoms with Crippen molar-refractivity contribution in [2.75, 3.05) is 13.1 Å². The fourth-order valence-electron chi connectivity index (χ4n) is 2.16. The first-order chi connectivity index (χ1) is 9.82. The summed E-state index contributed by atoms with van der Waals surface area (Å²) in [6.45, 7) is 11.8. The minimum Gasteiger partial charge on any atom is -0.310 e. The zero-order valence-corrected chi connectivity index (χ0v) is 14.6. The molecule has 0 heterocycles. The molecule has 1 aromatic rings. The lowest BCUT2D eigenvalue weighted by Gasteiger charge is -2.20. The largest absolute Gasteiger partial charge is 0.310 e. The average molecular weight is 312 g/mol. The molecule has 0 atom stereocenters. The van der Waals surface area contributed by atoms with Crippen molar-refractivity contribution in [2.45, 2.75) is 58.5 Å². The molecular formula is C16H28N2O2S. The zero-order valence-electron chi connectivity index (χ0n) is 13.8. The van der Waals surface area contributed by atoms with Gasteiger partial charge < -0.3 is 5.32 Å². The highest BCUT2D eigenvalue weighted by Gasteiger charge is 2.22. The summed E-state index contributed by atoms with van der Waals surface area (Å²) < 4.78 is 26.9. The van der Waals surface area contributed by atoms with Crippen LogP contribution in [0.1, 0.15) is 45.2 Å². The molecule has 0 unspecified atom stereocenters. The second-order valence-electron chi connectivity index (χ2n) is 5.62. The number of hydrogen-bond acceptors (Lipinski definition) is 3. The van der Waals surface area contributed by atoms with Crippen LogP contribution in [0, 0.1) is 6.92 Å². The van der Waals surface area contributed by atoms with Crippen LogP contribution < -0.4 is 5.32 Å². The fraction of sp³-hybridized carbons (Fsp3) is 0.625. The van der Waals surface area contributed by atoms with Crippen molar-refractivity contribution >= 4 is 10.0 Å². The van der Waals surface area contributed by atoms with E-state index in [1.807, 2.05) is 26.8 Å². The van der Waals surface area contributed by atoms with Gasteiger partial charge in [-0.1, -0.05) is 33.8 Å². The van der Waals surface area contributed by atoms with E-state index >= 15 is 0 Å². The van der Waals surface area contributed by atoms with E-state index < -0.39 is 10.0 Å². The van der Waals surface area contributed by atoms with E-state index in [1.165, 1.54) is 4.31 Å². The average Bonchev–Trinajstić information content (AvgIpc) is 2.43. The van der Waals surface area contributed by atoms with Crippen LogP contribution in [-0.2, 0) is 16.6 Å². The molecule has 0 bridgehead atoms. The van der Waals surface area contributed by atoms with Gasteiger partial charge in [0.1, 0.15) is 0 Å². The summed E-state index contributed by atoms with van der Waals surface area (Å²) in [5.41, 5.74) is 2.15. The molecule has 120 valence electrons. The first kappa shape index (κ1) is 18.1. The first-order valence-electron chi connectivity index (χ1n) is 7.66. The van der Waals surface area contributed by atoms with E-state index in [9.17, 15) is 8.42 Å². The Morgan fingerprint density at radius 3 is 2.43 bits per heavy atom. The predicted octanol–water partition coefficient (Wildman–Crippen LogP) is 2.91. The van der Waals surface area contributed by atoms with Crippen LogP contribution in [0.15, 0.2) is 23.1 Å². The molecule has 0 saturated heterocycles. The summed E-state index contributed by atoms with van der Waals surface area (Å²) in [7, 11) is -3.39. The third-order valence-electron chi connectivity index (χ3n) is 3.48. The molecule has 0 aliphatic rings. The van der Waals surface area contributed by atoms with E-state index in [-0.39, 0.29) is 0 Å². The van der Waals surface area contributed by atoms with Gasteiger partial charge in [0.15, 0.2) is 0 Å². The topological polar surface area (TPSA) is 49.4 Å². The lowest BCUT2D eigenvalue weighted by atomic mass is 10.1. The first-order valence-corrected chi connectivity index (χ1v) is 9.10. The Kier molecular flexibility index (Phi) is 6.84. The van der Waals surface area contributed by atoms with E-state index in [2.05, 4.69) is 19.2 Å². The van der Waals surface area contributed by atoms with Crippen molar-refractivity contribution in [2.24, 2.45) is 0 Å². The Morgan fingerprint density at radius 1 is 1.24 bits per heavy atom. The number of nitrogens with one attached hydrogen (secondary N) is 1. The molecule has 0 radical (unpaired) electrons. The summed E-state index contributed by atoms with van der Waals surface area (Å²) in [6.07, 6.45) is 0.820. The molecule has 4 nitrogen and oxygen atoms in total. The monoisotopic (exact) mass is 312 g/mol. The van der Waals surface area contributed by atoms with Crippen molar-refractivity contribution < 1.29 is 8.42 Å². The van der Waals surface area contributed by atoms with Gasteiger partial charge in [-0.3, -0.25) is 0 Å². The lowest BCUT2D eigenvalue weighted by Crippen LogP contribution is -2.31. The number of rotatable bonds is 8. The van der Waals surface area contributed by atoms with Crippen molar-refractivity contribution in [1.29, 1.82) is 0 Å². The zero-order chi connectivity index (χ0) is 16.0. The highest BCUT2D eigenvalue weighted by molar-refractivity contribution is 7.89. The molecule has 0 amide bonds. The number of hydrogen-bond donors (Lipinski definition) is 1. The predicted molar refractivity (Wildman–Crippen MR) is 87.9 cm³/mol. The SMILES string of the molecule is CCCN(CC)S(=O)(=O)c1ccc(C)c(CNC(C)C)c1. The van der Waals surface area contributed by atoms with Crippen molar-refractivity contribution in [3.05, 3.63) is 29.3 Å². The number of benzene rings is 1. The molecule has 21 heavy (non-hydrogen) atoms. The van der Waals surface area contributed by atoms with Crippen LogP contribution >= 0.6 is 0 Å². The highest BCUT2D eigenvalue weighted by Crippen LogP contribution is 2.20. The summed E-state index contributed by atoms with van der Waals surface area (Å²) in [6, 6.07) is 5.78. The standard InChI is InChI=1S/C16H28N2O2S/c1-6-10-18(7-2)21(19,20)16-9-8-14(5)15(11-16)12-17-13(3)4/h8-9,11,13,17H,6-7,10,12H2,1-5H3. The maximum absolute atomic E-state index is 12.7. The number of sulfonamides is 1. The maximum Gasteiger partial charge on any atom is 0.243 e. The van der Waals surface area contributed by atoms with Crippen molar-refractivity contribution in [1.82, 2.24) is 9.62 Å². The summed E-state index contributed by atoms with van der Waals surface area (Å²) >= 11 is 0. The summed E-state index contributed by atoms with van der Waals surface area (Å²) in [5.74, 6) is 0. The number of aryl methyl sites for hydroxylation is 1. The highest BCUT2D eigenvalue weighted by atomic mass is 32.2. The van der Waals surface area contributed by atoms with Gasteiger partial charge in [-0.25, -0.2) is 8.42 Å². The molecule has 0 spiro atoms. The minimum absolute atomic E-state index is 0.372. The molecule has 0 aliphatic carbocycles. The lowest BCUT2D eigenvalue weighted by molar-refractivity contribution is 0.427. The van der Waals surface area contributed by atoms with Gasteiger partial charge in [0, 0.05) is 25.7 Å². The van der Waals surface area contributed by atoms with Crippen LogP contribution in [-0.4, -0.2) is 31.9 Å². The molecule has 1 N–H and O–H groups in total. The number of nitrogens with zero attached hydrogens (tertiary/aromatic N) is 1. The second-order valence-corrected chi connectivity index (χ2v) is 7.56. The Morgan fingerprint density at radius 2 is 1.90 bits per heavy atom. The smallest absolute Gasteiger partial charge is 0.243 e. The van der Waals surface area contributed by atoms with Gasteiger partial charge in [0.2, 0.25) is 10.0 Å². The van der Waals surface area contributed by atoms with Gasteiger partial charge in [-0.2, -0.15) is 4.31 Å². The minimum atomic E-state index is -3.39. The Bertz CT molecular complexity index is 553. The van der Waals surface area contributed by atoms with Gasteiger partial charge in [0.25, 0.3) is 0 Å². The molecule has 0 saturated carbocycles. The van der Waals surface area contributed by atoms with Gasteiger partial charge >= 0.3 is 0 Å². The van der Waals surface area contributed by atoms with Crippen LogP contribution in [0.5, 0.6) is 0 Å². The summed E-state index contributed by atoms with van der Waals surface area (Å²) in [4.78, 5) is 0.393. The van der Waals surface area contributed by atoms with Gasteiger partial charge in [0.05, 0.1) is 4.90 Å². The molecule has 0 aromatic heterocycles. The van der Waals surface area contributed by atoms with Crippen molar-refractivity contribution in [3.8, 4) is 0 Å². The van der Waals surface area contributed by atoms with Crippen molar-refractivity contribution in [3.63, 3.8) is 0 Å². The fourth-order valence-corrected chi connectivity index (χ4v) is 3.75. The molecular weight excluding hydrogens is 284 g/mol. The van der Waals surface area contributed by atoms with E-state index in [4.69, 9.17) is 0 Å². The molecule has 0 fully saturated rings. The third kappa shape index (κ3) is 4.80. The van der Waals surface area contributed by atoms with E-state index in [0.717, 1.165) is 17.5 Å². The van der Waals surface area contributed by atoms with Crippen LogP contribution in [0.25, 0.3) is 0 Å². The molecule has 1 rings (SSSR count). The van der Waals surface area contributed by atoms with Crippen LogP contribution in [0.3, 0.4) is 0 Å². The summed E-state index contributed by atoms with van der Waals surface area (Å²) in [5, 5.41) is 3.34. The van der Waals surface area contributed by atoms with E-state index in [1.54, 1.807) is 12.1 Å². The normalized spacial score (nSPS) is 12.3. The maximum atomic E-state index is 12.7. The third-order valence-corrected chi connectivity index (χ3v) is 5.46. The second kappa shape index (κ2) is 7.92. The Labute approximate surface area is 129 Å². The van der Waals surface area contributed by atoms with Crippen LogP contribution in [0.4, 0.5) is 0 Å². The van der Waals surface area contributed by atoms with E-state index in [0.29, 0.717) is 30.6 Å².